The summed E-state index contributed by atoms with van der Waals surface area (Å²) in [5, 5.41) is 3.37. The van der Waals surface area contributed by atoms with Gasteiger partial charge in [0.1, 0.15) is 5.82 Å². The summed E-state index contributed by atoms with van der Waals surface area (Å²) in [6.45, 7) is 2.67. The summed E-state index contributed by atoms with van der Waals surface area (Å²) in [6.07, 6.45) is 3.81. The molecule has 1 aromatic heterocycles. The van der Waals surface area contributed by atoms with Crippen molar-refractivity contribution < 1.29 is 0 Å². The summed E-state index contributed by atoms with van der Waals surface area (Å²) in [6, 6.07) is 8.11. The Morgan fingerprint density at radius 3 is 2.71 bits per heavy atom. The van der Waals surface area contributed by atoms with E-state index in [1.807, 2.05) is 24.3 Å². The second-order valence-corrected chi connectivity index (χ2v) is 5.55. The van der Waals surface area contributed by atoms with E-state index in [0.717, 1.165) is 42.0 Å². The lowest BCUT2D eigenvalue weighted by molar-refractivity contribution is 0.572. The molecular formula is C16H21N5. The number of hydrogen-bond donors (Lipinski definition) is 3. The minimum atomic E-state index is 0.546. The molecule has 1 fully saturated rings. The van der Waals surface area contributed by atoms with Crippen molar-refractivity contribution in [2.45, 2.75) is 19.4 Å². The van der Waals surface area contributed by atoms with Crippen molar-refractivity contribution in [3.63, 3.8) is 0 Å². The van der Waals surface area contributed by atoms with Crippen LogP contribution in [0.5, 0.6) is 0 Å². The van der Waals surface area contributed by atoms with Crippen LogP contribution in [0.25, 0.3) is 11.3 Å². The van der Waals surface area contributed by atoms with E-state index < -0.39 is 0 Å². The number of aromatic nitrogens is 2. The highest BCUT2D eigenvalue weighted by molar-refractivity contribution is 5.60. The molecule has 5 N–H and O–H groups in total. The Balaban J connectivity index is 1.84. The summed E-state index contributed by atoms with van der Waals surface area (Å²) < 4.78 is 0. The lowest BCUT2D eigenvalue weighted by Gasteiger charge is -2.11. The summed E-state index contributed by atoms with van der Waals surface area (Å²) in [5.74, 6) is 1.15. The number of benzene rings is 1. The molecule has 0 aliphatic carbocycles. The van der Waals surface area contributed by atoms with E-state index in [0.29, 0.717) is 18.3 Å². The average Bonchev–Trinajstić information content (AvgIpc) is 3.03. The number of anilines is 1. The molecule has 0 spiro atoms. The molecule has 21 heavy (non-hydrogen) atoms. The van der Waals surface area contributed by atoms with Crippen LogP contribution in [0.4, 0.5) is 5.82 Å². The first kappa shape index (κ1) is 14.0. The van der Waals surface area contributed by atoms with Crippen molar-refractivity contribution in [1.29, 1.82) is 0 Å². The first-order valence-corrected chi connectivity index (χ1v) is 7.37. The maximum atomic E-state index is 5.98. The van der Waals surface area contributed by atoms with Gasteiger partial charge in [-0.2, -0.15) is 0 Å². The summed E-state index contributed by atoms with van der Waals surface area (Å²) in [7, 11) is 0. The van der Waals surface area contributed by atoms with E-state index in [1.54, 1.807) is 6.20 Å². The van der Waals surface area contributed by atoms with Gasteiger partial charge in [-0.05, 0) is 37.4 Å². The number of nitrogens with one attached hydrogen (secondary N) is 1. The smallest absolute Gasteiger partial charge is 0.145 e. The first-order chi connectivity index (χ1) is 10.3. The van der Waals surface area contributed by atoms with E-state index in [4.69, 9.17) is 16.5 Å². The van der Waals surface area contributed by atoms with Gasteiger partial charge in [-0.1, -0.05) is 24.3 Å². The van der Waals surface area contributed by atoms with Gasteiger partial charge in [-0.15, -0.1) is 0 Å². The molecular weight excluding hydrogens is 262 g/mol. The van der Waals surface area contributed by atoms with Crippen LogP contribution in [0.2, 0.25) is 0 Å². The van der Waals surface area contributed by atoms with E-state index in [-0.39, 0.29) is 0 Å². The number of rotatable bonds is 4. The Kier molecular flexibility index (Phi) is 4.13. The fourth-order valence-corrected chi connectivity index (χ4v) is 2.70. The fourth-order valence-electron chi connectivity index (χ4n) is 2.70. The second kappa shape index (κ2) is 6.20. The van der Waals surface area contributed by atoms with Crippen molar-refractivity contribution in [2.24, 2.45) is 11.7 Å². The highest BCUT2D eigenvalue weighted by Gasteiger charge is 2.18. The zero-order chi connectivity index (χ0) is 14.7. The molecule has 3 rings (SSSR count). The van der Waals surface area contributed by atoms with Crippen LogP contribution in [0.15, 0.2) is 30.5 Å². The first-order valence-electron chi connectivity index (χ1n) is 7.37. The van der Waals surface area contributed by atoms with Gasteiger partial charge in [0.2, 0.25) is 0 Å². The van der Waals surface area contributed by atoms with E-state index in [2.05, 4.69) is 10.3 Å². The zero-order valence-electron chi connectivity index (χ0n) is 12.0. The maximum absolute atomic E-state index is 5.98. The maximum Gasteiger partial charge on any atom is 0.145 e. The summed E-state index contributed by atoms with van der Waals surface area (Å²) in [5.41, 5.74) is 15.5. The van der Waals surface area contributed by atoms with Crippen molar-refractivity contribution >= 4 is 5.82 Å². The quantitative estimate of drug-likeness (QED) is 0.787. The molecule has 5 nitrogen and oxygen atoms in total. The normalized spacial score (nSPS) is 18.0. The Hall–Kier alpha value is -1.98. The Morgan fingerprint density at radius 1 is 1.24 bits per heavy atom. The van der Waals surface area contributed by atoms with Crippen LogP contribution in [-0.4, -0.2) is 23.1 Å². The zero-order valence-corrected chi connectivity index (χ0v) is 12.0. The van der Waals surface area contributed by atoms with Gasteiger partial charge in [0.05, 0.1) is 17.6 Å². The predicted molar refractivity (Wildman–Crippen MR) is 84.5 cm³/mol. The fraction of sp³-hybridized carbons (Fsp3) is 0.375. The molecule has 110 valence electrons. The molecule has 0 bridgehead atoms. The third kappa shape index (κ3) is 3.20. The number of hydrogen-bond acceptors (Lipinski definition) is 5. The molecule has 1 aromatic carbocycles. The number of nitrogens with zero attached hydrogens (tertiary/aromatic N) is 2. The molecule has 1 aliphatic heterocycles. The predicted octanol–water partition coefficient (Wildman–Crippen LogP) is 1.34. The van der Waals surface area contributed by atoms with Crippen LogP contribution < -0.4 is 16.8 Å². The van der Waals surface area contributed by atoms with Crippen LogP contribution >= 0.6 is 0 Å². The third-order valence-corrected chi connectivity index (χ3v) is 4.01. The highest BCUT2D eigenvalue weighted by Crippen LogP contribution is 2.22. The van der Waals surface area contributed by atoms with Gasteiger partial charge in [0.15, 0.2) is 0 Å². The van der Waals surface area contributed by atoms with Crippen molar-refractivity contribution in [2.75, 3.05) is 18.8 Å². The largest absolute Gasteiger partial charge is 0.382 e. The third-order valence-electron chi connectivity index (χ3n) is 4.01. The topological polar surface area (TPSA) is 89.8 Å². The van der Waals surface area contributed by atoms with Crippen molar-refractivity contribution in [3.05, 3.63) is 41.7 Å². The number of nitrogen functional groups attached to an aromatic ring is 1. The van der Waals surface area contributed by atoms with Crippen LogP contribution in [0.1, 0.15) is 17.7 Å². The second-order valence-electron chi connectivity index (χ2n) is 5.55. The van der Waals surface area contributed by atoms with Gasteiger partial charge < -0.3 is 16.8 Å². The van der Waals surface area contributed by atoms with E-state index >= 15 is 0 Å². The number of nitrogens with two attached hydrogens (primary N) is 2. The minimum Gasteiger partial charge on any atom is -0.382 e. The standard InChI is InChI=1S/C16H21N5/c17-8-11-1-3-13(4-2-11)15-10-20-16(18)14(21-15)7-12-5-6-19-9-12/h1-4,10,12,19H,5-9,17H2,(H2,18,20). The van der Waals surface area contributed by atoms with Crippen molar-refractivity contribution in [3.8, 4) is 11.3 Å². The van der Waals surface area contributed by atoms with E-state index in [1.165, 1.54) is 6.42 Å². The summed E-state index contributed by atoms with van der Waals surface area (Å²) >= 11 is 0. The highest BCUT2D eigenvalue weighted by atomic mass is 14.9. The molecule has 2 heterocycles. The molecule has 0 amide bonds. The van der Waals surface area contributed by atoms with Crippen LogP contribution in [0.3, 0.4) is 0 Å². The minimum absolute atomic E-state index is 0.546. The summed E-state index contributed by atoms with van der Waals surface area (Å²) in [4.78, 5) is 9.03. The van der Waals surface area contributed by atoms with Crippen LogP contribution in [0, 0.1) is 5.92 Å². The lowest BCUT2D eigenvalue weighted by Crippen LogP contribution is -2.13. The van der Waals surface area contributed by atoms with Gasteiger partial charge in [0.25, 0.3) is 0 Å². The molecule has 1 saturated heterocycles. The van der Waals surface area contributed by atoms with Gasteiger partial charge in [0, 0.05) is 12.1 Å². The van der Waals surface area contributed by atoms with Crippen LogP contribution in [-0.2, 0) is 13.0 Å². The Bertz CT molecular complexity index is 603. The molecule has 1 aliphatic rings. The molecule has 1 unspecified atom stereocenters. The monoisotopic (exact) mass is 283 g/mol. The van der Waals surface area contributed by atoms with Gasteiger partial charge in [-0.3, -0.25) is 0 Å². The molecule has 5 heteroatoms. The molecule has 1 atom stereocenters. The SMILES string of the molecule is NCc1ccc(-c2cnc(N)c(CC3CCNC3)n2)cc1. The van der Waals surface area contributed by atoms with Gasteiger partial charge in [-0.25, -0.2) is 9.97 Å². The Labute approximate surface area is 124 Å². The Morgan fingerprint density at radius 2 is 2.05 bits per heavy atom. The molecule has 0 radical (unpaired) electrons. The van der Waals surface area contributed by atoms with Gasteiger partial charge >= 0.3 is 0 Å². The molecule has 2 aromatic rings. The van der Waals surface area contributed by atoms with E-state index in [9.17, 15) is 0 Å². The average molecular weight is 283 g/mol. The lowest BCUT2D eigenvalue weighted by atomic mass is 10.0. The molecule has 0 saturated carbocycles. The van der Waals surface area contributed by atoms with Crippen molar-refractivity contribution in [1.82, 2.24) is 15.3 Å².